The molecule has 12 heavy (non-hydrogen) atoms. The van der Waals surface area contributed by atoms with E-state index in [4.69, 9.17) is 11.1 Å². The molecule has 3 saturated heterocycles. The van der Waals surface area contributed by atoms with E-state index in [1.165, 1.54) is 0 Å². The predicted octanol–water partition coefficient (Wildman–Crippen LogP) is -0.414. The van der Waals surface area contributed by atoms with Crippen LogP contribution in [0.1, 0.15) is 12.8 Å². The maximum Gasteiger partial charge on any atom is 0.240 e. The summed E-state index contributed by atoms with van der Waals surface area (Å²) in [5.74, 6) is -0.0306. The summed E-state index contributed by atoms with van der Waals surface area (Å²) >= 11 is 0. The van der Waals surface area contributed by atoms with Gasteiger partial charge in [0, 0.05) is 11.6 Å². The van der Waals surface area contributed by atoms with Crippen LogP contribution < -0.4 is 5.73 Å². The van der Waals surface area contributed by atoms with Crippen LogP contribution in [0.2, 0.25) is 0 Å². The summed E-state index contributed by atoms with van der Waals surface area (Å²) in [6, 6.07) is -0.391. The molecule has 3 aliphatic heterocycles. The smallest absolute Gasteiger partial charge is 0.240 e. The second-order valence-corrected chi connectivity index (χ2v) is 3.57. The lowest BCUT2D eigenvalue weighted by molar-refractivity contribution is -0.122. The summed E-state index contributed by atoms with van der Waals surface area (Å²) in [7, 11) is 0. The molecule has 0 aliphatic carbocycles. The summed E-state index contributed by atoms with van der Waals surface area (Å²) in [6.07, 6.45) is 2.06. The van der Waals surface area contributed by atoms with E-state index in [0.717, 1.165) is 25.9 Å². The number of rotatable bonds is 1. The topological polar surface area (TPSA) is 70.2 Å². The van der Waals surface area contributed by atoms with Crippen molar-refractivity contribution in [3.05, 3.63) is 0 Å². The van der Waals surface area contributed by atoms with Crippen LogP contribution in [0.5, 0.6) is 0 Å². The van der Waals surface area contributed by atoms with Gasteiger partial charge in [0.15, 0.2) is 0 Å². The third kappa shape index (κ3) is 0.948. The minimum atomic E-state index is -0.391. The van der Waals surface area contributed by atoms with Crippen LogP contribution >= 0.6 is 0 Å². The average Bonchev–Trinajstić information content (AvgIpc) is 2.05. The first kappa shape index (κ1) is 7.73. The Kier molecular flexibility index (Phi) is 1.65. The number of hydrogen-bond acceptors (Lipinski definition) is 3. The highest BCUT2D eigenvalue weighted by molar-refractivity contribution is 6.08. The number of nitrogens with zero attached hydrogens (tertiary/aromatic N) is 1. The SMILES string of the molecule is N=C1C2CCN(CC2)C1C(N)=O. The van der Waals surface area contributed by atoms with Crippen LogP contribution in [0, 0.1) is 11.3 Å². The molecule has 0 aromatic heterocycles. The predicted molar refractivity (Wildman–Crippen MR) is 45.0 cm³/mol. The zero-order chi connectivity index (χ0) is 8.72. The van der Waals surface area contributed by atoms with E-state index in [1.54, 1.807) is 0 Å². The second kappa shape index (κ2) is 2.55. The molecule has 4 nitrogen and oxygen atoms in total. The van der Waals surface area contributed by atoms with Crippen molar-refractivity contribution in [2.45, 2.75) is 18.9 Å². The maximum absolute atomic E-state index is 11.0. The minimum Gasteiger partial charge on any atom is -0.368 e. The molecule has 3 fully saturated rings. The van der Waals surface area contributed by atoms with Crippen molar-refractivity contribution >= 4 is 11.6 Å². The molecule has 1 amide bonds. The molecule has 0 spiro atoms. The largest absolute Gasteiger partial charge is 0.368 e. The van der Waals surface area contributed by atoms with Gasteiger partial charge in [0.25, 0.3) is 0 Å². The van der Waals surface area contributed by atoms with Gasteiger partial charge in [-0.3, -0.25) is 9.69 Å². The van der Waals surface area contributed by atoms with Crippen molar-refractivity contribution in [2.24, 2.45) is 11.7 Å². The van der Waals surface area contributed by atoms with Gasteiger partial charge >= 0.3 is 0 Å². The lowest BCUT2D eigenvalue weighted by atomic mass is 9.81. The third-order valence-corrected chi connectivity index (χ3v) is 2.90. The Balaban J connectivity index is 2.24. The number of carbonyl (C=O) groups is 1. The number of amides is 1. The number of carbonyl (C=O) groups excluding carboxylic acids is 1. The summed E-state index contributed by atoms with van der Waals surface area (Å²) in [6.45, 7) is 1.86. The molecule has 0 aromatic carbocycles. The highest BCUT2D eigenvalue weighted by Gasteiger charge is 2.40. The van der Waals surface area contributed by atoms with E-state index >= 15 is 0 Å². The highest BCUT2D eigenvalue weighted by Crippen LogP contribution is 2.28. The number of nitrogens with two attached hydrogens (primary N) is 1. The number of fused-ring (bicyclic) bond motifs is 3. The molecular weight excluding hydrogens is 154 g/mol. The Morgan fingerprint density at radius 1 is 1.50 bits per heavy atom. The molecule has 0 aromatic rings. The third-order valence-electron chi connectivity index (χ3n) is 2.90. The number of piperidine rings is 3. The first-order valence-electron chi connectivity index (χ1n) is 4.32. The van der Waals surface area contributed by atoms with Crippen molar-refractivity contribution < 1.29 is 4.79 Å². The Morgan fingerprint density at radius 2 is 2.08 bits per heavy atom. The van der Waals surface area contributed by atoms with Gasteiger partial charge in [-0.15, -0.1) is 0 Å². The van der Waals surface area contributed by atoms with Crippen LogP contribution in [0.3, 0.4) is 0 Å². The molecule has 1 unspecified atom stereocenters. The molecule has 1 atom stereocenters. The molecule has 3 N–H and O–H groups in total. The Bertz CT molecular complexity index is 230. The van der Waals surface area contributed by atoms with E-state index in [1.807, 2.05) is 4.90 Å². The molecule has 2 bridgehead atoms. The van der Waals surface area contributed by atoms with E-state index < -0.39 is 6.04 Å². The summed E-state index contributed by atoms with van der Waals surface area (Å²) in [5.41, 5.74) is 5.76. The van der Waals surface area contributed by atoms with Crippen molar-refractivity contribution in [3.63, 3.8) is 0 Å². The first-order valence-corrected chi connectivity index (χ1v) is 4.32. The molecule has 3 rings (SSSR count). The number of nitrogens with one attached hydrogen (secondary N) is 1. The Labute approximate surface area is 71.2 Å². The molecule has 66 valence electrons. The highest BCUT2D eigenvalue weighted by atomic mass is 16.1. The van der Waals surface area contributed by atoms with Gasteiger partial charge in [-0.2, -0.15) is 0 Å². The fraction of sp³-hybridized carbons (Fsp3) is 0.750. The lowest BCUT2D eigenvalue weighted by Gasteiger charge is -2.44. The van der Waals surface area contributed by atoms with Gasteiger partial charge in [0.1, 0.15) is 6.04 Å². The Hall–Kier alpha value is -0.900. The monoisotopic (exact) mass is 167 g/mol. The zero-order valence-electron chi connectivity index (χ0n) is 6.92. The van der Waals surface area contributed by atoms with Gasteiger partial charge in [-0.25, -0.2) is 0 Å². The molecular formula is C8H13N3O. The molecule has 3 heterocycles. The maximum atomic E-state index is 11.0. The number of hydrogen-bond donors (Lipinski definition) is 2. The molecule has 0 saturated carbocycles. The van der Waals surface area contributed by atoms with Crippen LogP contribution in [0.25, 0.3) is 0 Å². The zero-order valence-corrected chi connectivity index (χ0v) is 6.92. The van der Waals surface area contributed by atoms with Crippen LogP contribution in [-0.4, -0.2) is 35.7 Å². The van der Waals surface area contributed by atoms with Gasteiger partial charge in [-0.1, -0.05) is 0 Å². The molecule has 3 aliphatic rings. The fourth-order valence-corrected chi connectivity index (χ4v) is 2.22. The summed E-state index contributed by atoms with van der Waals surface area (Å²) in [4.78, 5) is 13.0. The minimum absolute atomic E-state index is 0.326. The van der Waals surface area contributed by atoms with Crippen molar-refractivity contribution in [3.8, 4) is 0 Å². The average molecular weight is 167 g/mol. The van der Waals surface area contributed by atoms with Crippen molar-refractivity contribution in [1.29, 1.82) is 5.41 Å². The van der Waals surface area contributed by atoms with Crippen LogP contribution in [0.4, 0.5) is 0 Å². The van der Waals surface area contributed by atoms with Crippen LogP contribution in [-0.2, 0) is 4.79 Å². The van der Waals surface area contributed by atoms with Crippen LogP contribution in [0.15, 0.2) is 0 Å². The van der Waals surface area contributed by atoms with E-state index in [-0.39, 0.29) is 5.91 Å². The molecule has 0 radical (unpaired) electrons. The fourth-order valence-electron chi connectivity index (χ4n) is 2.22. The van der Waals surface area contributed by atoms with Crippen molar-refractivity contribution in [2.75, 3.05) is 13.1 Å². The summed E-state index contributed by atoms with van der Waals surface area (Å²) in [5, 5.41) is 7.72. The summed E-state index contributed by atoms with van der Waals surface area (Å²) < 4.78 is 0. The number of primary amides is 1. The van der Waals surface area contributed by atoms with Gasteiger partial charge in [-0.05, 0) is 25.9 Å². The normalized spacial score (nSPS) is 40.0. The quantitative estimate of drug-likeness (QED) is 0.557. The van der Waals surface area contributed by atoms with Gasteiger partial charge in [0.2, 0.25) is 5.91 Å². The standard InChI is InChI=1S/C8H13N3O/c9-6-5-1-3-11(4-2-5)7(6)8(10)12/h5,7,9H,1-4H2,(H2,10,12). The van der Waals surface area contributed by atoms with E-state index in [9.17, 15) is 4.79 Å². The van der Waals surface area contributed by atoms with Gasteiger partial charge < -0.3 is 11.1 Å². The Morgan fingerprint density at radius 3 is 2.42 bits per heavy atom. The first-order chi connectivity index (χ1) is 5.70. The van der Waals surface area contributed by atoms with E-state index in [2.05, 4.69) is 0 Å². The van der Waals surface area contributed by atoms with E-state index in [0.29, 0.717) is 11.6 Å². The van der Waals surface area contributed by atoms with Gasteiger partial charge in [0.05, 0.1) is 0 Å². The molecule has 4 heteroatoms. The van der Waals surface area contributed by atoms with Crippen molar-refractivity contribution in [1.82, 2.24) is 4.90 Å². The lowest BCUT2D eigenvalue weighted by Crippen LogP contribution is -2.60. The second-order valence-electron chi connectivity index (χ2n) is 3.57.